The molecule has 1 heterocycles. The molecule has 0 radical (unpaired) electrons. The Bertz CT molecular complexity index is 998. The molecular weight excluding hydrogens is 415 g/mol. The summed E-state index contributed by atoms with van der Waals surface area (Å²) >= 11 is 1.50. The fraction of sp³-hybridized carbons (Fsp3) is 0.350. The number of thioether (sulfide) groups is 1. The molecule has 9 heteroatoms. The molecule has 2 aromatic rings. The quantitative estimate of drug-likeness (QED) is 0.673. The molecule has 2 aromatic carbocycles. The van der Waals surface area contributed by atoms with Crippen LogP contribution in [0.5, 0.6) is 5.75 Å². The molecule has 0 saturated carbocycles. The van der Waals surface area contributed by atoms with Crippen LogP contribution in [-0.4, -0.2) is 45.5 Å². The Morgan fingerprint density at radius 1 is 1.31 bits per heavy atom. The number of sulfonamides is 1. The molecule has 1 atom stereocenters. The number of amides is 1. The second-order valence-electron chi connectivity index (χ2n) is 6.81. The highest BCUT2D eigenvalue weighted by molar-refractivity contribution is 7.98. The van der Waals surface area contributed by atoms with Crippen LogP contribution in [0.4, 0.5) is 10.1 Å². The van der Waals surface area contributed by atoms with Gasteiger partial charge >= 0.3 is 0 Å². The maximum Gasteiger partial charge on any atom is 0.263 e. The standard InChI is InChI=1S/C20H23FN2O4S2/c1-14-7-8-18-17(11-14)23(29(2,25)26)12-19(27-18)20(24)22-9-10-28-13-15-5-3-4-6-16(15)21/h3-8,11,19H,9-10,12-13H2,1-2H3,(H,22,24)/t19-/m0/s1. The molecule has 29 heavy (non-hydrogen) atoms. The number of fused-ring (bicyclic) bond motifs is 1. The van der Waals surface area contributed by atoms with Crippen molar-refractivity contribution in [3.63, 3.8) is 0 Å². The number of anilines is 1. The van der Waals surface area contributed by atoms with Gasteiger partial charge in [-0.05, 0) is 36.2 Å². The molecule has 1 aliphatic heterocycles. The van der Waals surface area contributed by atoms with Crippen molar-refractivity contribution in [3.8, 4) is 5.75 Å². The monoisotopic (exact) mass is 438 g/mol. The summed E-state index contributed by atoms with van der Waals surface area (Å²) in [7, 11) is -3.55. The molecule has 1 N–H and O–H groups in total. The summed E-state index contributed by atoms with van der Waals surface area (Å²) in [4.78, 5) is 12.5. The lowest BCUT2D eigenvalue weighted by Gasteiger charge is -2.34. The number of aryl methyl sites for hydroxylation is 1. The van der Waals surface area contributed by atoms with Crippen molar-refractivity contribution in [2.45, 2.75) is 18.8 Å². The number of ether oxygens (including phenoxy) is 1. The molecule has 3 rings (SSSR count). The summed E-state index contributed by atoms with van der Waals surface area (Å²) in [5.74, 6) is 0.849. The van der Waals surface area contributed by atoms with Crippen LogP contribution in [0.1, 0.15) is 11.1 Å². The molecule has 0 spiro atoms. The second kappa shape index (κ2) is 9.04. The van der Waals surface area contributed by atoms with Gasteiger partial charge in [0.1, 0.15) is 11.6 Å². The van der Waals surface area contributed by atoms with Gasteiger partial charge < -0.3 is 10.1 Å². The SMILES string of the molecule is Cc1ccc2c(c1)N(S(C)(=O)=O)C[C@@H](C(=O)NCCSCc1ccccc1F)O2. The van der Waals surface area contributed by atoms with Crippen LogP contribution in [0.2, 0.25) is 0 Å². The van der Waals surface area contributed by atoms with E-state index in [0.29, 0.717) is 35.1 Å². The molecule has 0 unspecified atom stereocenters. The number of nitrogens with one attached hydrogen (secondary N) is 1. The lowest BCUT2D eigenvalue weighted by atomic mass is 10.1. The van der Waals surface area contributed by atoms with Gasteiger partial charge in [0, 0.05) is 18.1 Å². The van der Waals surface area contributed by atoms with Gasteiger partial charge in [0.15, 0.2) is 6.10 Å². The third-order valence-electron chi connectivity index (χ3n) is 4.44. The molecule has 1 amide bonds. The highest BCUT2D eigenvalue weighted by Gasteiger charge is 2.34. The molecule has 0 fully saturated rings. The molecule has 0 aliphatic carbocycles. The first-order valence-corrected chi connectivity index (χ1v) is 12.1. The van der Waals surface area contributed by atoms with E-state index in [1.165, 1.54) is 22.1 Å². The first-order chi connectivity index (χ1) is 13.8. The van der Waals surface area contributed by atoms with Gasteiger partial charge in [0.25, 0.3) is 5.91 Å². The zero-order valence-electron chi connectivity index (χ0n) is 16.2. The van der Waals surface area contributed by atoms with E-state index >= 15 is 0 Å². The van der Waals surface area contributed by atoms with Crippen molar-refractivity contribution in [1.29, 1.82) is 0 Å². The van der Waals surface area contributed by atoms with Gasteiger partial charge in [-0.3, -0.25) is 9.10 Å². The summed E-state index contributed by atoms with van der Waals surface area (Å²) in [6.07, 6.45) is 0.176. The summed E-state index contributed by atoms with van der Waals surface area (Å²) in [5.41, 5.74) is 1.96. The Morgan fingerprint density at radius 2 is 2.07 bits per heavy atom. The summed E-state index contributed by atoms with van der Waals surface area (Å²) in [5, 5.41) is 2.77. The predicted octanol–water partition coefficient (Wildman–Crippen LogP) is 2.71. The zero-order chi connectivity index (χ0) is 21.0. The molecule has 156 valence electrons. The molecule has 0 aromatic heterocycles. The van der Waals surface area contributed by atoms with E-state index < -0.39 is 16.1 Å². The number of nitrogens with zero attached hydrogens (tertiary/aromatic N) is 1. The van der Waals surface area contributed by atoms with Crippen molar-refractivity contribution < 1.29 is 22.3 Å². The van der Waals surface area contributed by atoms with Crippen LogP contribution >= 0.6 is 11.8 Å². The smallest absolute Gasteiger partial charge is 0.263 e. The van der Waals surface area contributed by atoms with Gasteiger partial charge in [-0.15, -0.1) is 0 Å². The third kappa shape index (κ3) is 5.42. The van der Waals surface area contributed by atoms with Gasteiger partial charge in [0.05, 0.1) is 18.5 Å². The fourth-order valence-corrected chi connectivity index (χ4v) is 4.72. The third-order valence-corrected chi connectivity index (χ3v) is 6.59. The largest absolute Gasteiger partial charge is 0.476 e. The molecular formula is C20H23FN2O4S2. The lowest BCUT2D eigenvalue weighted by Crippen LogP contribution is -2.50. The number of rotatable bonds is 7. The predicted molar refractivity (Wildman–Crippen MR) is 113 cm³/mol. The van der Waals surface area contributed by atoms with Crippen LogP contribution in [0.15, 0.2) is 42.5 Å². The van der Waals surface area contributed by atoms with Crippen molar-refractivity contribution in [3.05, 3.63) is 59.4 Å². The van der Waals surface area contributed by atoms with E-state index in [1.807, 2.05) is 6.92 Å². The number of benzene rings is 2. The van der Waals surface area contributed by atoms with Gasteiger partial charge in [-0.1, -0.05) is 24.3 Å². The van der Waals surface area contributed by atoms with E-state index in [9.17, 15) is 17.6 Å². The Balaban J connectivity index is 1.56. The number of hydrogen-bond acceptors (Lipinski definition) is 5. The lowest BCUT2D eigenvalue weighted by molar-refractivity contribution is -0.127. The van der Waals surface area contributed by atoms with Crippen LogP contribution in [0, 0.1) is 12.7 Å². The van der Waals surface area contributed by atoms with Crippen LogP contribution in [0.25, 0.3) is 0 Å². The van der Waals surface area contributed by atoms with Gasteiger partial charge in [-0.2, -0.15) is 11.8 Å². The van der Waals surface area contributed by atoms with Crippen molar-refractivity contribution in [2.24, 2.45) is 0 Å². The number of halogens is 1. The molecule has 0 saturated heterocycles. The first kappa shape index (κ1) is 21.4. The minimum Gasteiger partial charge on any atom is -0.476 e. The van der Waals surface area contributed by atoms with Gasteiger partial charge in [-0.25, -0.2) is 12.8 Å². The number of hydrogen-bond donors (Lipinski definition) is 1. The topological polar surface area (TPSA) is 75.7 Å². The average Bonchev–Trinajstić information content (AvgIpc) is 2.67. The summed E-state index contributed by atoms with van der Waals surface area (Å²) in [6.45, 7) is 2.15. The van der Waals surface area contributed by atoms with E-state index in [1.54, 1.807) is 36.4 Å². The maximum atomic E-state index is 13.6. The fourth-order valence-electron chi connectivity index (χ4n) is 2.97. The Morgan fingerprint density at radius 3 is 2.79 bits per heavy atom. The summed E-state index contributed by atoms with van der Waals surface area (Å²) < 4.78 is 44.9. The number of carbonyl (C=O) groups excluding carboxylic acids is 1. The highest BCUT2D eigenvalue weighted by Crippen LogP contribution is 2.35. The normalized spacial score (nSPS) is 16.1. The molecule has 0 bridgehead atoms. The van der Waals surface area contributed by atoms with Crippen molar-refractivity contribution >= 4 is 33.4 Å². The van der Waals surface area contributed by atoms with Crippen LogP contribution in [-0.2, 0) is 20.6 Å². The summed E-state index contributed by atoms with van der Waals surface area (Å²) in [6, 6.07) is 11.8. The van der Waals surface area contributed by atoms with E-state index in [0.717, 1.165) is 11.8 Å². The van der Waals surface area contributed by atoms with E-state index in [2.05, 4.69) is 5.32 Å². The second-order valence-corrected chi connectivity index (χ2v) is 9.82. The van der Waals surface area contributed by atoms with Crippen LogP contribution in [0.3, 0.4) is 0 Å². The zero-order valence-corrected chi connectivity index (χ0v) is 17.9. The van der Waals surface area contributed by atoms with E-state index in [4.69, 9.17) is 4.74 Å². The van der Waals surface area contributed by atoms with Crippen molar-refractivity contribution in [2.75, 3.05) is 29.4 Å². The Hall–Kier alpha value is -2.26. The minimum atomic E-state index is -3.55. The highest BCUT2D eigenvalue weighted by atomic mass is 32.2. The number of carbonyl (C=O) groups is 1. The van der Waals surface area contributed by atoms with Crippen molar-refractivity contribution in [1.82, 2.24) is 5.32 Å². The minimum absolute atomic E-state index is 0.0799. The van der Waals surface area contributed by atoms with Gasteiger partial charge in [0.2, 0.25) is 10.0 Å². The van der Waals surface area contributed by atoms with E-state index in [-0.39, 0.29) is 18.3 Å². The Labute approximate surface area is 174 Å². The molecule has 6 nitrogen and oxygen atoms in total. The first-order valence-electron chi connectivity index (χ1n) is 9.09. The Kier molecular flexibility index (Phi) is 6.69. The average molecular weight is 439 g/mol. The van der Waals surface area contributed by atoms with Crippen LogP contribution < -0.4 is 14.4 Å². The molecule has 1 aliphatic rings. The maximum absolute atomic E-state index is 13.6.